The van der Waals surface area contributed by atoms with Crippen molar-refractivity contribution in [3.05, 3.63) is 46.9 Å². The molecule has 0 bridgehead atoms. The second kappa shape index (κ2) is 6.32. The lowest BCUT2D eigenvalue weighted by atomic mass is 10.1. The Morgan fingerprint density at radius 1 is 1.38 bits per heavy atom. The summed E-state index contributed by atoms with van der Waals surface area (Å²) in [4.78, 5) is 2.46. The minimum atomic E-state index is 0.318. The Morgan fingerprint density at radius 3 is 3.08 bits per heavy atom. The minimum Gasteiger partial charge on any atom is -0.493 e. The number of ether oxygens (including phenoxy) is 2. The summed E-state index contributed by atoms with van der Waals surface area (Å²) < 4.78 is 16.8. The standard InChI is InChI=1S/C19H22N2O3/c1-13-9-18(24-20-13)16-6-4-8-21(16)11-14-10-15-5-3-7-17(22-2)19(15)23-12-14/h3,5,7,9-10,16H,4,6,8,11-12H2,1-2H3. The maximum absolute atomic E-state index is 5.96. The molecule has 4 rings (SSSR count). The number of nitrogens with zero attached hydrogens (tertiary/aromatic N) is 2. The van der Waals surface area contributed by atoms with E-state index in [4.69, 9.17) is 14.0 Å². The lowest BCUT2D eigenvalue weighted by Crippen LogP contribution is -2.28. The summed E-state index contributed by atoms with van der Waals surface area (Å²) in [6.07, 6.45) is 4.53. The summed E-state index contributed by atoms with van der Waals surface area (Å²) >= 11 is 0. The first-order chi connectivity index (χ1) is 11.7. The van der Waals surface area contributed by atoms with Crippen molar-refractivity contribution < 1.29 is 14.0 Å². The van der Waals surface area contributed by atoms with Gasteiger partial charge >= 0.3 is 0 Å². The van der Waals surface area contributed by atoms with Crippen LogP contribution in [0.15, 0.2) is 34.4 Å². The van der Waals surface area contributed by atoms with Crippen molar-refractivity contribution in [2.45, 2.75) is 25.8 Å². The van der Waals surface area contributed by atoms with Gasteiger partial charge in [0.05, 0.1) is 18.8 Å². The normalized spacial score (nSPS) is 20.4. The Hall–Kier alpha value is -2.27. The number of para-hydroxylation sites is 1. The van der Waals surface area contributed by atoms with E-state index in [2.05, 4.69) is 28.3 Å². The third kappa shape index (κ3) is 2.80. The molecule has 1 aromatic heterocycles. The van der Waals surface area contributed by atoms with E-state index in [0.717, 1.165) is 48.0 Å². The van der Waals surface area contributed by atoms with Gasteiger partial charge in [0.25, 0.3) is 0 Å². The van der Waals surface area contributed by atoms with Crippen LogP contribution in [0, 0.1) is 6.92 Å². The number of fused-ring (bicyclic) bond motifs is 1. The van der Waals surface area contributed by atoms with Gasteiger partial charge in [0.1, 0.15) is 6.61 Å². The lowest BCUT2D eigenvalue weighted by molar-refractivity contribution is 0.218. The highest BCUT2D eigenvalue weighted by molar-refractivity contribution is 5.66. The first-order valence-corrected chi connectivity index (χ1v) is 8.41. The Bertz CT molecular complexity index is 766. The van der Waals surface area contributed by atoms with Gasteiger partial charge in [-0.15, -0.1) is 0 Å². The largest absolute Gasteiger partial charge is 0.493 e. The molecular weight excluding hydrogens is 304 g/mol. The van der Waals surface area contributed by atoms with E-state index in [0.29, 0.717) is 12.6 Å². The Balaban J connectivity index is 1.53. The van der Waals surface area contributed by atoms with E-state index in [9.17, 15) is 0 Å². The van der Waals surface area contributed by atoms with Crippen LogP contribution in [0.2, 0.25) is 0 Å². The number of hydrogen-bond donors (Lipinski definition) is 0. The number of aromatic nitrogens is 1. The topological polar surface area (TPSA) is 47.7 Å². The molecular formula is C19H22N2O3. The number of methoxy groups -OCH3 is 1. The van der Waals surface area contributed by atoms with Crippen LogP contribution in [0.5, 0.6) is 11.5 Å². The fraction of sp³-hybridized carbons (Fsp3) is 0.421. The molecule has 0 saturated carbocycles. The van der Waals surface area contributed by atoms with Crippen LogP contribution in [-0.2, 0) is 0 Å². The summed E-state index contributed by atoms with van der Waals surface area (Å²) in [5.41, 5.74) is 3.30. The molecule has 0 N–H and O–H groups in total. The number of benzene rings is 1. The first-order valence-electron chi connectivity index (χ1n) is 8.41. The molecule has 5 heteroatoms. The van der Waals surface area contributed by atoms with Crippen molar-refractivity contribution in [3.63, 3.8) is 0 Å². The number of aryl methyl sites for hydroxylation is 1. The minimum absolute atomic E-state index is 0.318. The predicted molar refractivity (Wildman–Crippen MR) is 91.3 cm³/mol. The second-order valence-electron chi connectivity index (χ2n) is 6.47. The monoisotopic (exact) mass is 326 g/mol. The van der Waals surface area contributed by atoms with Crippen molar-refractivity contribution in [2.75, 3.05) is 26.8 Å². The van der Waals surface area contributed by atoms with E-state index >= 15 is 0 Å². The highest BCUT2D eigenvalue weighted by atomic mass is 16.5. The summed E-state index contributed by atoms with van der Waals surface area (Å²) in [5, 5.41) is 4.04. The molecule has 24 heavy (non-hydrogen) atoms. The zero-order valence-corrected chi connectivity index (χ0v) is 14.1. The highest BCUT2D eigenvalue weighted by Gasteiger charge is 2.30. The fourth-order valence-electron chi connectivity index (χ4n) is 3.62. The molecule has 1 saturated heterocycles. The average Bonchev–Trinajstić information content (AvgIpc) is 3.22. The van der Waals surface area contributed by atoms with Gasteiger partial charge < -0.3 is 14.0 Å². The van der Waals surface area contributed by atoms with E-state index in [-0.39, 0.29) is 0 Å². The SMILES string of the molecule is COc1cccc2c1OCC(CN1CCCC1c1cc(C)no1)=C2. The summed E-state index contributed by atoms with van der Waals surface area (Å²) in [5.74, 6) is 2.61. The molecule has 1 fully saturated rings. The predicted octanol–water partition coefficient (Wildman–Crippen LogP) is 3.60. The molecule has 0 aliphatic carbocycles. The highest BCUT2D eigenvalue weighted by Crippen LogP contribution is 2.37. The van der Waals surface area contributed by atoms with Crippen molar-refractivity contribution in [3.8, 4) is 11.5 Å². The van der Waals surface area contributed by atoms with E-state index in [1.165, 1.54) is 12.0 Å². The molecule has 1 atom stereocenters. The van der Waals surface area contributed by atoms with Gasteiger partial charge in [0.2, 0.25) is 0 Å². The maximum atomic E-state index is 5.96. The quantitative estimate of drug-likeness (QED) is 0.859. The van der Waals surface area contributed by atoms with Crippen molar-refractivity contribution in [1.82, 2.24) is 10.1 Å². The zero-order chi connectivity index (χ0) is 16.5. The molecule has 0 amide bonds. The number of likely N-dealkylation sites (tertiary alicyclic amines) is 1. The van der Waals surface area contributed by atoms with Gasteiger partial charge in [-0.05, 0) is 44.0 Å². The van der Waals surface area contributed by atoms with Crippen LogP contribution in [-0.4, -0.2) is 36.9 Å². The second-order valence-corrected chi connectivity index (χ2v) is 6.47. The molecule has 5 nitrogen and oxygen atoms in total. The molecule has 1 aromatic carbocycles. The first kappa shape index (κ1) is 15.3. The van der Waals surface area contributed by atoms with Crippen LogP contribution < -0.4 is 9.47 Å². The third-order valence-corrected chi connectivity index (χ3v) is 4.74. The molecule has 2 aliphatic rings. The van der Waals surface area contributed by atoms with E-state index < -0.39 is 0 Å². The summed E-state index contributed by atoms with van der Waals surface area (Å²) in [7, 11) is 1.67. The lowest BCUT2D eigenvalue weighted by Gasteiger charge is -2.26. The maximum Gasteiger partial charge on any atom is 0.168 e. The molecule has 2 aromatic rings. The van der Waals surface area contributed by atoms with Crippen molar-refractivity contribution in [1.29, 1.82) is 0 Å². The fourth-order valence-corrected chi connectivity index (χ4v) is 3.62. The zero-order valence-electron chi connectivity index (χ0n) is 14.1. The van der Waals surface area contributed by atoms with E-state index in [1.54, 1.807) is 7.11 Å². The van der Waals surface area contributed by atoms with E-state index in [1.807, 2.05) is 19.1 Å². The molecule has 126 valence electrons. The van der Waals surface area contributed by atoms with Crippen LogP contribution >= 0.6 is 0 Å². The molecule has 2 aliphatic heterocycles. The molecule has 0 radical (unpaired) electrons. The molecule has 0 spiro atoms. The third-order valence-electron chi connectivity index (χ3n) is 4.74. The van der Waals surface area contributed by atoms with Crippen LogP contribution in [0.1, 0.15) is 35.9 Å². The van der Waals surface area contributed by atoms with Gasteiger partial charge in [-0.2, -0.15) is 0 Å². The van der Waals surface area contributed by atoms with Crippen molar-refractivity contribution >= 4 is 6.08 Å². The van der Waals surface area contributed by atoms with Gasteiger partial charge in [-0.3, -0.25) is 4.90 Å². The average molecular weight is 326 g/mol. The Labute approximate surface area is 141 Å². The summed E-state index contributed by atoms with van der Waals surface area (Å²) in [6, 6.07) is 8.36. The van der Waals surface area contributed by atoms with Crippen LogP contribution in [0.25, 0.3) is 6.08 Å². The Kier molecular flexibility index (Phi) is 4.02. The smallest absolute Gasteiger partial charge is 0.168 e. The van der Waals surface area contributed by atoms with Crippen molar-refractivity contribution in [2.24, 2.45) is 0 Å². The molecule has 3 heterocycles. The van der Waals surface area contributed by atoms with Gasteiger partial charge in [0.15, 0.2) is 17.3 Å². The summed E-state index contributed by atoms with van der Waals surface area (Å²) in [6.45, 7) is 4.54. The van der Waals surface area contributed by atoms with Gasteiger partial charge in [-0.25, -0.2) is 0 Å². The Morgan fingerprint density at radius 2 is 2.29 bits per heavy atom. The van der Waals surface area contributed by atoms with Crippen LogP contribution in [0.4, 0.5) is 0 Å². The van der Waals surface area contributed by atoms with Gasteiger partial charge in [-0.1, -0.05) is 17.3 Å². The number of rotatable bonds is 4. The van der Waals surface area contributed by atoms with Gasteiger partial charge in [0, 0.05) is 18.2 Å². The van der Waals surface area contributed by atoms with Crippen LogP contribution in [0.3, 0.4) is 0 Å². The molecule has 1 unspecified atom stereocenters. The number of hydrogen-bond acceptors (Lipinski definition) is 5.